The Balaban J connectivity index is 1.71. The number of hydrogen-bond donors (Lipinski definition) is 2. The fourth-order valence-corrected chi connectivity index (χ4v) is 3.09. The maximum atomic E-state index is 12.3. The third kappa shape index (κ3) is 7.85. The van der Waals surface area contributed by atoms with Gasteiger partial charge in [-0.2, -0.15) is 0 Å². The SMILES string of the molecule is CN=C(NCCC1CCCN(C(=O)OC(C)(C)C)C1)NCc1ccccn1. The highest BCUT2D eigenvalue weighted by atomic mass is 16.6. The van der Waals surface area contributed by atoms with Gasteiger partial charge in [-0.3, -0.25) is 9.98 Å². The van der Waals surface area contributed by atoms with Crippen molar-refractivity contribution in [1.29, 1.82) is 0 Å². The quantitative estimate of drug-likeness (QED) is 0.611. The van der Waals surface area contributed by atoms with Crippen molar-refractivity contribution in [2.24, 2.45) is 10.9 Å². The van der Waals surface area contributed by atoms with Gasteiger partial charge in [-0.05, 0) is 58.1 Å². The smallest absolute Gasteiger partial charge is 0.410 e. The van der Waals surface area contributed by atoms with E-state index in [1.54, 1.807) is 13.2 Å². The van der Waals surface area contributed by atoms with Crippen LogP contribution in [0.2, 0.25) is 0 Å². The molecule has 1 saturated heterocycles. The van der Waals surface area contributed by atoms with E-state index < -0.39 is 5.60 Å². The van der Waals surface area contributed by atoms with Crippen molar-refractivity contribution in [1.82, 2.24) is 20.5 Å². The Morgan fingerprint density at radius 1 is 1.37 bits per heavy atom. The Morgan fingerprint density at radius 3 is 2.85 bits per heavy atom. The van der Waals surface area contributed by atoms with Crippen LogP contribution in [0.15, 0.2) is 29.4 Å². The standard InChI is InChI=1S/C20H33N5O2/c1-20(2,3)27-19(26)25-13-7-8-16(15-25)10-12-23-18(21-4)24-14-17-9-5-6-11-22-17/h5-6,9,11,16H,7-8,10,12-15H2,1-4H3,(H2,21,23,24). The Morgan fingerprint density at radius 2 is 2.19 bits per heavy atom. The number of piperidine rings is 1. The number of aliphatic imine (C=N–C) groups is 1. The van der Waals surface area contributed by atoms with E-state index >= 15 is 0 Å². The van der Waals surface area contributed by atoms with Gasteiger partial charge < -0.3 is 20.3 Å². The molecule has 1 unspecified atom stereocenters. The molecule has 7 nitrogen and oxygen atoms in total. The fraction of sp³-hybridized carbons (Fsp3) is 0.650. The van der Waals surface area contributed by atoms with Crippen LogP contribution in [0.25, 0.3) is 0 Å². The molecule has 1 atom stereocenters. The third-order valence-corrected chi connectivity index (χ3v) is 4.40. The van der Waals surface area contributed by atoms with Crippen LogP contribution >= 0.6 is 0 Å². The molecular formula is C20H33N5O2. The highest BCUT2D eigenvalue weighted by Crippen LogP contribution is 2.21. The molecule has 0 radical (unpaired) electrons. The zero-order valence-electron chi connectivity index (χ0n) is 17.0. The van der Waals surface area contributed by atoms with E-state index in [1.807, 2.05) is 43.9 Å². The predicted octanol–water partition coefficient (Wildman–Crippen LogP) is 2.78. The minimum atomic E-state index is -0.447. The Kier molecular flexibility index (Phi) is 7.88. The summed E-state index contributed by atoms with van der Waals surface area (Å²) in [5.74, 6) is 1.24. The van der Waals surface area contributed by atoms with Gasteiger partial charge in [0.1, 0.15) is 5.60 Å². The number of hydrogen-bond acceptors (Lipinski definition) is 4. The van der Waals surface area contributed by atoms with Crippen LogP contribution in [0.3, 0.4) is 0 Å². The molecule has 2 heterocycles. The lowest BCUT2D eigenvalue weighted by Gasteiger charge is -2.34. The Bertz CT molecular complexity index is 613. The molecule has 1 aromatic heterocycles. The number of pyridine rings is 1. The van der Waals surface area contributed by atoms with Crippen molar-refractivity contribution in [3.8, 4) is 0 Å². The second-order valence-electron chi connectivity index (χ2n) is 7.90. The molecule has 2 N–H and O–H groups in total. The van der Waals surface area contributed by atoms with Crippen molar-refractivity contribution in [2.75, 3.05) is 26.7 Å². The van der Waals surface area contributed by atoms with Gasteiger partial charge in [-0.1, -0.05) is 6.07 Å². The lowest BCUT2D eigenvalue weighted by atomic mass is 9.95. The molecule has 1 amide bonds. The van der Waals surface area contributed by atoms with Gasteiger partial charge >= 0.3 is 6.09 Å². The van der Waals surface area contributed by atoms with Crippen molar-refractivity contribution in [3.05, 3.63) is 30.1 Å². The summed E-state index contributed by atoms with van der Waals surface area (Å²) in [5, 5.41) is 6.61. The minimum absolute atomic E-state index is 0.201. The molecule has 7 heteroatoms. The maximum Gasteiger partial charge on any atom is 0.410 e. The zero-order chi connectivity index (χ0) is 19.7. The molecule has 0 aliphatic carbocycles. The summed E-state index contributed by atoms with van der Waals surface area (Å²) in [6.07, 6.45) is 4.74. The topological polar surface area (TPSA) is 78.9 Å². The van der Waals surface area contributed by atoms with Gasteiger partial charge in [0.2, 0.25) is 0 Å². The summed E-state index contributed by atoms with van der Waals surface area (Å²) in [6.45, 7) is 8.70. The molecule has 150 valence electrons. The molecule has 1 fully saturated rings. The summed E-state index contributed by atoms with van der Waals surface area (Å²) < 4.78 is 5.50. The second-order valence-corrected chi connectivity index (χ2v) is 7.90. The van der Waals surface area contributed by atoms with Gasteiger partial charge in [0.05, 0.1) is 12.2 Å². The van der Waals surface area contributed by atoms with E-state index in [4.69, 9.17) is 4.74 Å². The number of nitrogens with zero attached hydrogens (tertiary/aromatic N) is 3. The van der Waals surface area contributed by atoms with Crippen molar-refractivity contribution >= 4 is 12.1 Å². The molecule has 0 aromatic carbocycles. The molecule has 0 saturated carbocycles. The van der Waals surface area contributed by atoms with Crippen molar-refractivity contribution < 1.29 is 9.53 Å². The highest BCUT2D eigenvalue weighted by Gasteiger charge is 2.27. The monoisotopic (exact) mass is 375 g/mol. The maximum absolute atomic E-state index is 12.3. The first-order chi connectivity index (χ1) is 12.9. The first-order valence-electron chi connectivity index (χ1n) is 9.70. The lowest BCUT2D eigenvalue weighted by molar-refractivity contribution is 0.0162. The van der Waals surface area contributed by atoms with Gasteiger partial charge in [0.25, 0.3) is 0 Å². The number of carbonyl (C=O) groups excluding carboxylic acids is 1. The molecular weight excluding hydrogens is 342 g/mol. The molecule has 27 heavy (non-hydrogen) atoms. The Hall–Kier alpha value is -2.31. The van der Waals surface area contributed by atoms with Crippen molar-refractivity contribution in [3.63, 3.8) is 0 Å². The van der Waals surface area contributed by atoms with E-state index in [0.29, 0.717) is 12.5 Å². The van der Waals surface area contributed by atoms with Crippen LogP contribution in [0.1, 0.15) is 45.7 Å². The van der Waals surface area contributed by atoms with Crippen LogP contribution in [-0.4, -0.2) is 54.2 Å². The van der Waals surface area contributed by atoms with Crippen molar-refractivity contribution in [2.45, 2.75) is 52.2 Å². The van der Waals surface area contributed by atoms with E-state index in [0.717, 1.165) is 50.6 Å². The fourth-order valence-electron chi connectivity index (χ4n) is 3.09. The van der Waals surface area contributed by atoms with E-state index in [1.165, 1.54) is 0 Å². The lowest BCUT2D eigenvalue weighted by Crippen LogP contribution is -2.44. The number of nitrogens with one attached hydrogen (secondary N) is 2. The van der Waals surface area contributed by atoms with Gasteiger partial charge in [-0.15, -0.1) is 0 Å². The predicted molar refractivity (Wildman–Crippen MR) is 108 cm³/mol. The van der Waals surface area contributed by atoms with E-state index in [9.17, 15) is 4.79 Å². The third-order valence-electron chi connectivity index (χ3n) is 4.40. The number of ether oxygens (including phenoxy) is 1. The summed E-state index contributed by atoms with van der Waals surface area (Å²) in [7, 11) is 1.76. The average molecular weight is 376 g/mol. The van der Waals surface area contributed by atoms with E-state index in [-0.39, 0.29) is 6.09 Å². The number of aromatic nitrogens is 1. The van der Waals surface area contributed by atoms with Crippen LogP contribution in [0, 0.1) is 5.92 Å². The highest BCUT2D eigenvalue weighted by molar-refractivity contribution is 5.79. The first kappa shape index (κ1) is 21.0. The minimum Gasteiger partial charge on any atom is -0.444 e. The Labute approximate surface area is 162 Å². The second kappa shape index (κ2) is 10.1. The zero-order valence-corrected chi connectivity index (χ0v) is 17.0. The summed E-state index contributed by atoms with van der Waals surface area (Å²) >= 11 is 0. The summed E-state index contributed by atoms with van der Waals surface area (Å²) in [6, 6.07) is 5.86. The van der Waals surface area contributed by atoms with Crippen LogP contribution < -0.4 is 10.6 Å². The summed E-state index contributed by atoms with van der Waals surface area (Å²) in [5.41, 5.74) is 0.526. The first-order valence-corrected chi connectivity index (χ1v) is 9.70. The van der Waals surface area contributed by atoms with Crippen LogP contribution in [0.4, 0.5) is 4.79 Å². The van der Waals surface area contributed by atoms with Gasteiger partial charge in [-0.25, -0.2) is 4.79 Å². The van der Waals surface area contributed by atoms with Gasteiger partial charge in [0.15, 0.2) is 5.96 Å². The molecule has 1 aromatic rings. The summed E-state index contributed by atoms with van der Waals surface area (Å²) in [4.78, 5) is 22.6. The largest absolute Gasteiger partial charge is 0.444 e. The molecule has 0 spiro atoms. The molecule has 0 bridgehead atoms. The number of carbonyl (C=O) groups is 1. The molecule has 1 aliphatic heterocycles. The molecule has 1 aliphatic rings. The number of likely N-dealkylation sites (tertiary alicyclic amines) is 1. The average Bonchev–Trinajstić information content (AvgIpc) is 2.64. The number of guanidine groups is 1. The number of amides is 1. The van der Waals surface area contributed by atoms with Crippen LogP contribution in [-0.2, 0) is 11.3 Å². The van der Waals surface area contributed by atoms with E-state index in [2.05, 4.69) is 20.6 Å². The normalized spacial score (nSPS) is 18.1. The number of rotatable bonds is 5. The van der Waals surface area contributed by atoms with Crippen LogP contribution in [0.5, 0.6) is 0 Å². The molecule has 2 rings (SSSR count). The van der Waals surface area contributed by atoms with Gasteiger partial charge in [0, 0.05) is 32.9 Å².